The Kier molecular flexibility index (Phi) is 2.85. The highest BCUT2D eigenvalue weighted by atomic mass is 28.3. The topological polar surface area (TPSA) is 0 Å². The van der Waals surface area contributed by atoms with Gasteiger partial charge in [-0.3, -0.25) is 0 Å². The Labute approximate surface area is 104 Å². The molecular weight excluding hydrogens is 220 g/mol. The maximum Gasteiger partial charge on any atom is 0.0909 e. The van der Waals surface area contributed by atoms with Gasteiger partial charge in [0.25, 0.3) is 0 Å². The zero-order chi connectivity index (χ0) is 11.6. The molecule has 86 valence electrons. The molecule has 1 aliphatic rings. The number of benzene rings is 2. The highest BCUT2D eigenvalue weighted by Crippen LogP contribution is 2.34. The minimum atomic E-state index is -1.16. The monoisotopic (exact) mass is 238 g/mol. The molecule has 0 unspecified atom stereocenters. The van der Waals surface area contributed by atoms with Gasteiger partial charge in [-0.1, -0.05) is 89.9 Å². The Morgan fingerprint density at radius 1 is 0.765 bits per heavy atom. The smallest absolute Gasteiger partial charge is 0.0630 e. The standard InChI is InChI=1S/C16H18Si/c1-3-8-15(9-4-1)14-17(12-7-13-17)16-10-5-2-6-11-16/h1-6,8-11H,7,12-14H2. The fourth-order valence-electron chi connectivity index (χ4n) is 2.95. The lowest BCUT2D eigenvalue weighted by Crippen LogP contribution is -2.55. The van der Waals surface area contributed by atoms with Crippen LogP contribution in [0.25, 0.3) is 0 Å². The van der Waals surface area contributed by atoms with Crippen molar-refractivity contribution in [2.45, 2.75) is 24.6 Å². The quantitative estimate of drug-likeness (QED) is 0.718. The summed E-state index contributed by atoms with van der Waals surface area (Å²) in [6.45, 7) is 0. The van der Waals surface area contributed by atoms with E-state index in [9.17, 15) is 0 Å². The van der Waals surface area contributed by atoms with Crippen molar-refractivity contribution < 1.29 is 0 Å². The fraction of sp³-hybridized carbons (Fsp3) is 0.250. The van der Waals surface area contributed by atoms with Crippen molar-refractivity contribution in [1.29, 1.82) is 0 Å². The molecule has 0 aliphatic carbocycles. The Morgan fingerprint density at radius 3 is 1.88 bits per heavy atom. The van der Waals surface area contributed by atoms with Gasteiger partial charge >= 0.3 is 0 Å². The molecule has 2 aromatic carbocycles. The predicted octanol–water partition coefficient (Wildman–Crippen LogP) is 3.53. The van der Waals surface area contributed by atoms with Gasteiger partial charge in [0.15, 0.2) is 0 Å². The van der Waals surface area contributed by atoms with Gasteiger partial charge < -0.3 is 0 Å². The summed E-state index contributed by atoms with van der Waals surface area (Å²) in [7, 11) is -1.16. The molecule has 0 radical (unpaired) electrons. The highest BCUT2D eigenvalue weighted by molar-refractivity contribution is 6.93. The van der Waals surface area contributed by atoms with E-state index < -0.39 is 8.07 Å². The second-order valence-electron chi connectivity index (χ2n) is 5.16. The minimum Gasteiger partial charge on any atom is -0.0630 e. The van der Waals surface area contributed by atoms with Crippen LogP contribution >= 0.6 is 0 Å². The summed E-state index contributed by atoms with van der Waals surface area (Å²) in [6.07, 6.45) is 1.44. The molecule has 0 N–H and O–H groups in total. The van der Waals surface area contributed by atoms with Crippen LogP contribution in [-0.4, -0.2) is 8.07 Å². The molecule has 1 fully saturated rings. The summed E-state index contributed by atoms with van der Waals surface area (Å²) >= 11 is 0. The maximum atomic E-state index is 2.36. The van der Waals surface area contributed by atoms with E-state index in [1.807, 2.05) is 0 Å². The second-order valence-corrected chi connectivity index (χ2v) is 9.65. The van der Waals surface area contributed by atoms with Crippen LogP contribution in [-0.2, 0) is 6.04 Å². The molecule has 0 atom stereocenters. The van der Waals surface area contributed by atoms with E-state index >= 15 is 0 Å². The molecule has 1 saturated heterocycles. The van der Waals surface area contributed by atoms with Gasteiger partial charge in [-0.15, -0.1) is 0 Å². The van der Waals surface area contributed by atoms with Crippen LogP contribution in [0.2, 0.25) is 12.1 Å². The van der Waals surface area contributed by atoms with Crippen molar-refractivity contribution in [2.24, 2.45) is 0 Å². The van der Waals surface area contributed by atoms with Gasteiger partial charge in [0.05, 0.1) is 8.07 Å². The van der Waals surface area contributed by atoms with Crippen molar-refractivity contribution >= 4 is 13.3 Å². The van der Waals surface area contributed by atoms with Crippen LogP contribution in [0.15, 0.2) is 60.7 Å². The SMILES string of the molecule is c1ccc(C[Si]2(c3ccccc3)CCC2)cc1. The summed E-state index contributed by atoms with van der Waals surface area (Å²) in [6, 6.07) is 26.6. The zero-order valence-corrected chi connectivity index (χ0v) is 11.1. The molecule has 1 heteroatoms. The van der Waals surface area contributed by atoms with Crippen LogP contribution in [0.5, 0.6) is 0 Å². The van der Waals surface area contributed by atoms with Crippen LogP contribution in [0.3, 0.4) is 0 Å². The molecule has 0 spiro atoms. The molecule has 1 heterocycles. The van der Waals surface area contributed by atoms with Crippen LogP contribution < -0.4 is 5.19 Å². The first kappa shape index (κ1) is 10.8. The van der Waals surface area contributed by atoms with Gasteiger partial charge in [0.1, 0.15) is 0 Å². The van der Waals surface area contributed by atoms with E-state index in [2.05, 4.69) is 60.7 Å². The van der Waals surface area contributed by atoms with E-state index in [0.717, 1.165) is 0 Å². The maximum absolute atomic E-state index is 2.36. The Balaban J connectivity index is 1.89. The van der Waals surface area contributed by atoms with Crippen molar-refractivity contribution in [3.05, 3.63) is 66.2 Å². The van der Waals surface area contributed by atoms with E-state index in [-0.39, 0.29) is 0 Å². The van der Waals surface area contributed by atoms with Crippen molar-refractivity contribution in [3.8, 4) is 0 Å². The molecule has 1 aliphatic heterocycles. The van der Waals surface area contributed by atoms with E-state index in [1.165, 1.54) is 30.1 Å². The lowest BCUT2D eigenvalue weighted by Gasteiger charge is -2.40. The predicted molar refractivity (Wildman–Crippen MR) is 76.2 cm³/mol. The Bertz CT molecular complexity index is 471. The third-order valence-corrected chi connectivity index (χ3v) is 9.35. The number of hydrogen-bond acceptors (Lipinski definition) is 0. The average Bonchev–Trinajstić information content (AvgIpc) is 2.36. The summed E-state index contributed by atoms with van der Waals surface area (Å²) in [5.74, 6) is 0. The zero-order valence-electron chi connectivity index (χ0n) is 10.1. The number of hydrogen-bond donors (Lipinski definition) is 0. The molecule has 0 saturated carbocycles. The van der Waals surface area contributed by atoms with Gasteiger partial charge in [-0.05, 0) is 6.04 Å². The first-order valence-corrected chi connectivity index (χ1v) is 9.11. The summed E-state index contributed by atoms with van der Waals surface area (Å²) < 4.78 is 0. The molecular formula is C16H18Si. The summed E-state index contributed by atoms with van der Waals surface area (Å²) in [5.41, 5.74) is 1.53. The fourth-order valence-corrected chi connectivity index (χ4v) is 7.21. The first-order chi connectivity index (χ1) is 8.39. The van der Waals surface area contributed by atoms with Crippen molar-refractivity contribution in [2.75, 3.05) is 0 Å². The van der Waals surface area contributed by atoms with Crippen LogP contribution in [0.1, 0.15) is 12.0 Å². The largest absolute Gasteiger partial charge is 0.0909 e. The molecule has 0 aromatic heterocycles. The van der Waals surface area contributed by atoms with E-state index in [0.29, 0.717) is 0 Å². The van der Waals surface area contributed by atoms with E-state index in [1.54, 1.807) is 5.19 Å². The Hall–Kier alpha value is -1.34. The second kappa shape index (κ2) is 4.50. The summed E-state index contributed by atoms with van der Waals surface area (Å²) in [5, 5.41) is 1.66. The molecule has 0 nitrogen and oxygen atoms in total. The van der Waals surface area contributed by atoms with Gasteiger partial charge in [-0.2, -0.15) is 0 Å². The molecule has 3 rings (SSSR count). The van der Waals surface area contributed by atoms with E-state index in [4.69, 9.17) is 0 Å². The summed E-state index contributed by atoms with van der Waals surface area (Å²) in [4.78, 5) is 0. The molecule has 0 bridgehead atoms. The normalized spacial score (nSPS) is 17.4. The lowest BCUT2D eigenvalue weighted by molar-refractivity contribution is 0.891. The minimum absolute atomic E-state index is 1.16. The van der Waals surface area contributed by atoms with Crippen molar-refractivity contribution in [3.63, 3.8) is 0 Å². The molecule has 0 amide bonds. The van der Waals surface area contributed by atoms with Gasteiger partial charge in [0, 0.05) is 0 Å². The van der Waals surface area contributed by atoms with Gasteiger partial charge in [-0.25, -0.2) is 0 Å². The van der Waals surface area contributed by atoms with Crippen molar-refractivity contribution in [1.82, 2.24) is 0 Å². The van der Waals surface area contributed by atoms with Crippen LogP contribution in [0.4, 0.5) is 0 Å². The highest BCUT2D eigenvalue weighted by Gasteiger charge is 2.40. The molecule has 17 heavy (non-hydrogen) atoms. The molecule has 2 aromatic rings. The Morgan fingerprint density at radius 2 is 1.35 bits per heavy atom. The van der Waals surface area contributed by atoms with Crippen LogP contribution in [0, 0.1) is 0 Å². The first-order valence-electron chi connectivity index (χ1n) is 6.49. The third-order valence-electron chi connectivity index (χ3n) is 4.08. The lowest BCUT2D eigenvalue weighted by atomic mass is 10.2. The van der Waals surface area contributed by atoms with Gasteiger partial charge in [0.2, 0.25) is 0 Å². The third kappa shape index (κ3) is 2.07. The number of rotatable bonds is 3. The average molecular weight is 238 g/mol.